The van der Waals surface area contributed by atoms with Gasteiger partial charge in [-0.05, 0) is 78.1 Å². The zero-order chi connectivity index (χ0) is 22.2. The van der Waals surface area contributed by atoms with Crippen molar-refractivity contribution in [1.29, 1.82) is 0 Å². The molecule has 2 heteroatoms. The molecule has 0 saturated heterocycles. The smallest absolute Gasteiger partial charge is 0.0470 e. The highest BCUT2D eigenvalue weighted by Crippen LogP contribution is 2.53. The summed E-state index contributed by atoms with van der Waals surface area (Å²) in [4.78, 5) is 2.55. The Balaban J connectivity index is 1.68. The predicted octanol–water partition coefficient (Wildman–Crippen LogP) is 8.41. The molecule has 0 fully saturated rings. The SMILES string of the molecule is CCN(CCC(C)C)c1ccc2c3c(c(C)ccc13)-c1c(Nc3ccccc3)cccc1-2. The molecule has 0 atom stereocenters. The Bertz CT molecular complexity index is 1270. The third-order valence-corrected chi connectivity index (χ3v) is 6.72. The Labute approximate surface area is 191 Å². The summed E-state index contributed by atoms with van der Waals surface area (Å²) in [6.45, 7) is 11.3. The summed E-state index contributed by atoms with van der Waals surface area (Å²) < 4.78 is 0. The lowest BCUT2D eigenvalue weighted by molar-refractivity contribution is 0.577. The first-order valence-electron chi connectivity index (χ1n) is 11.9. The van der Waals surface area contributed by atoms with Crippen LogP contribution in [0, 0.1) is 12.8 Å². The highest BCUT2D eigenvalue weighted by atomic mass is 15.1. The second kappa shape index (κ2) is 8.35. The summed E-state index contributed by atoms with van der Waals surface area (Å²) >= 11 is 0. The van der Waals surface area contributed by atoms with E-state index in [9.17, 15) is 0 Å². The van der Waals surface area contributed by atoms with Crippen LogP contribution < -0.4 is 10.2 Å². The standard InChI is InChI=1S/C30H32N2/c1-5-32(19-18-20(2)3)27-17-16-24-23-12-9-13-26(31-22-10-7-6-8-11-22)30(23)28-21(4)14-15-25(27)29(24)28/h6-17,20,31H,5,18-19H2,1-4H3. The zero-order valence-electron chi connectivity index (χ0n) is 19.6. The number of nitrogens with zero attached hydrogens (tertiary/aromatic N) is 1. The lowest BCUT2D eigenvalue weighted by Crippen LogP contribution is -2.25. The van der Waals surface area contributed by atoms with E-state index < -0.39 is 0 Å². The van der Waals surface area contributed by atoms with Gasteiger partial charge < -0.3 is 10.2 Å². The molecule has 32 heavy (non-hydrogen) atoms. The summed E-state index contributed by atoms with van der Waals surface area (Å²) in [5.74, 6) is 0.707. The van der Waals surface area contributed by atoms with Gasteiger partial charge in [0.25, 0.3) is 0 Å². The molecule has 0 unspecified atom stereocenters. The molecule has 0 radical (unpaired) electrons. The maximum absolute atomic E-state index is 3.68. The number of aryl methyl sites for hydroxylation is 1. The summed E-state index contributed by atoms with van der Waals surface area (Å²) in [7, 11) is 0. The second-order valence-electron chi connectivity index (χ2n) is 9.29. The van der Waals surface area contributed by atoms with Crippen molar-refractivity contribution in [3.8, 4) is 22.3 Å². The quantitative estimate of drug-likeness (QED) is 0.284. The lowest BCUT2D eigenvalue weighted by atomic mass is 9.96. The molecule has 1 aliphatic rings. The van der Waals surface area contributed by atoms with Crippen LogP contribution in [-0.2, 0) is 0 Å². The van der Waals surface area contributed by atoms with E-state index in [1.807, 2.05) is 0 Å². The summed E-state index contributed by atoms with van der Waals surface area (Å²) in [6, 6.07) is 26.4. The van der Waals surface area contributed by atoms with Crippen molar-refractivity contribution >= 4 is 27.8 Å². The molecule has 0 aliphatic heterocycles. The fourth-order valence-corrected chi connectivity index (χ4v) is 5.05. The van der Waals surface area contributed by atoms with E-state index in [1.54, 1.807) is 0 Å². The Hall–Kier alpha value is -3.26. The van der Waals surface area contributed by atoms with Gasteiger partial charge in [0.05, 0.1) is 0 Å². The average Bonchev–Trinajstić information content (AvgIpc) is 3.15. The normalized spacial score (nSPS) is 11.8. The van der Waals surface area contributed by atoms with Crippen LogP contribution in [0.15, 0.2) is 72.8 Å². The largest absolute Gasteiger partial charge is 0.371 e. The van der Waals surface area contributed by atoms with Crippen LogP contribution >= 0.6 is 0 Å². The molecule has 162 valence electrons. The first kappa shape index (κ1) is 20.6. The molecule has 4 aromatic carbocycles. The van der Waals surface area contributed by atoms with Gasteiger partial charge in [-0.3, -0.25) is 0 Å². The molecule has 5 rings (SSSR count). The van der Waals surface area contributed by atoms with Gasteiger partial charge in [0, 0.05) is 41.1 Å². The van der Waals surface area contributed by atoms with Crippen molar-refractivity contribution in [2.75, 3.05) is 23.3 Å². The van der Waals surface area contributed by atoms with E-state index in [-0.39, 0.29) is 0 Å². The van der Waals surface area contributed by atoms with Crippen molar-refractivity contribution in [2.45, 2.75) is 34.1 Å². The molecule has 4 aromatic rings. The number of nitrogens with one attached hydrogen (secondary N) is 1. The number of para-hydroxylation sites is 1. The van der Waals surface area contributed by atoms with Crippen LogP contribution in [0.5, 0.6) is 0 Å². The van der Waals surface area contributed by atoms with Crippen LogP contribution in [0.25, 0.3) is 33.0 Å². The van der Waals surface area contributed by atoms with Gasteiger partial charge in [0.15, 0.2) is 0 Å². The zero-order valence-corrected chi connectivity index (χ0v) is 19.6. The van der Waals surface area contributed by atoms with Crippen molar-refractivity contribution in [2.24, 2.45) is 5.92 Å². The molecule has 0 aromatic heterocycles. The van der Waals surface area contributed by atoms with Gasteiger partial charge in [-0.15, -0.1) is 0 Å². The fourth-order valence-electron chi connectivity index (χ4n) is 5.05. The lowest BCUT2D eigenvalue weighted by Gasteiger charge is -2.26. The van der Waals surface area contributed by atoms with Gasteiger partial charge in [0.1, 0.15) is 0 Å². The van der Waals surface area contributed by atoms with E-state index in [2.05, 4.69) is 111 Å². The number of rotatable bonds is 7. The molecular weight excluding hydrogens is 388 g/mol. The molecule has 2 nitrogen and oxygen atoms in total. The summed E-state index contributed by atoms with van der Waals surface area (Å²) in [6.07, 6.45) is 1.21. The first-order valence-corrected chi connectivity index (χ1v) is 11.9. The average molecular weight is 421 g/mol. The predicted molar refractivity (Wildman–Crippen MR) is 140 cm³/mol. The Morgan fingerprint density at radius 2 is 1.62 bits per heavy atom. The third kappa shape index (κ3) is 3.44. The maximum atomic E-state index is 3.68. The molecule has 0 spiro atoms. The van der Waals surface area contributed by atoms with Crippen molar-refractivity contribution < 1.29 is 0 Å². The van der Waals surface area contributed by atoms with Gasteiger partial charge >= 0.3 is 0 Å². The van der Waals surface area contributed by atoms with Gasteiger partial charge in [0.2, 0.25) is 0 Å². The highest BCUT2D eigenvalue weighted by molar-refractivity contribution is 6.21. The number of benzene rings is 4. The van der Waals surface area contributed by atoms with Crippen LogP contribution in [0.3, 0.4) is 0 Å². The Morgan fingerprint density at radius 3 is 2.38 bits per heavy atom. The van der Waals surface area contributed by atoms with Crippen LogP contribution in [-0.4, -0.2) is 13.1 Å². The summed E-state index contributed by atoms with van der Waals surface area (Å²) in [5.41, 5.74) is 10.4. The van der Waals surface area contributed by atoms with E-state index in [0.717, 1.165) is 18.8 Å². The van der Waals surface area contributed by atoms with E-state index in [0.29, 0.717) is 5.92 Å². The Morgan fingerprint density at radius 1 is 0.812 bits per heavy atom. The highest BCUT2D eigenvalue weighted by Gasteiger charge is 2.27. The van der Waals surface area contributed by atoms with Gasteiger partial charge in [-0.1, -0.05) is 62.4 Å². The van der Waals surface area contributed by atoms with Gasteiger partial charge in [-0.2, -0.15) is 0 Å². The molecular formula is C30H32N2. The van der Waals surface area contributed by atoms with Crippen molar-refractivity contribution in [1.82, 2.24) is 0 Å². The molecule has 0 bridgehead atoms. The van der Waals surface area contributed by atoms with E-state index >= 15 is 0 Å². The minimum Gasteiger partial charge on any atom is -0.371 e. The van der Waals surface area contributed by atoms with E-state index in [4.69, 9.17) is 0 Å². The minimum atomic E-state index is 0.707. The molecule has 0 amide bonds. The minimum absolute atomic E-state index is 0.707. The number of anilines is 3. The first-order chi connectivity index (χ1) is 15.6. The van der Waals surface area contributed by atoms with Crippen LogP contribution in [0.4, 0.5) is 17.1 Å². The molecule has 1 N–H and O–H groups in total. The third-order valence-electron chi connectivity index (χ3n) is 6.72. The number of hydrogen-bond donors (Lipinski definition) is 1. The van der Waals surface area contributed by atoms with Crippen LogP contribution in [0.1, 0.15) is 32.8 Å². The van der Waals surface area contributed by atoms with Crippen molar-refractivity contribution in [3.63, 3.8) is 0 Å². The number of fused-ring (bicyclic) bond motifs is 3. The van der Waals surface area contributed by atoms with Crippen LogP contribution in [0.2, 0.25) is 0 Å². The molecule has 0 saturated carbocycles. The fraction of sp³-hybridized carbons (Fsp3) is 0.267. The Kier molecular flexibility index (Phi) is 5.38. The second-order valence-corrected chi connectivity index (χ2v) is 9.29. The summed E-state index contributed by atoms with van der Waals surface area (Å²) in [5, 5.41) is 6.46. The van der Waals surface area contributed by atoms with Crippen molar-refractivity contribution in [3.05, 3.63) is 78.4 Å². The topological polar surface area (TPSA) is 15.3 Å². The molecule has 1 aliphatic carbocycles. The molecule has 0 heterocycles. The van der Waals surface area contributed by atoms with E-state index in [1.165, 1.54) is 56.4 Å². The maximum Gasteiger partial charge on any atom is 0.0470 e. The van der Waals surface area contributed by atoms with Gasteiger partial charge in [-0.25, -0.2) is 0 Å². The monoisotopic (exact) mass is 420 g/mol. The number of hydrogen-bond acceptors (Lipinski definition) is 2.